The van der Waals surface area contributed by atoms with Crippen molar-refractivity contribution in [2.45, 2.75) is 44.8 Å². The van der Waals surface area contributed by atoms with Crippen molar-refractivity contribution >= 4 is 10.0 Å². The molecule has 0 aromatic carbocycles. The average Bonchev–Trinajstić information content (AvgIpc) is 2.69. The highest BCUT2D eigenvalue weighted by Crippen LogP contribution is 2.09. The molecule has 0 aromatic heterocycles. The van der Waals surface area contributed by atoms with Gasteiger partial charge in [-0.05, 0) is 25.3 Å². The Morgan fingerprint density at radius 1 is 1.38 bits per heavy atom. The summed E-state index contributed by atoms with van der Waals surface area (Å²) in [5, 5.41) is 2.85. The van der Waals surface area contributed by atoms with Crippen molar-refractivity contribution in [3.8, 4) is 0 Å². The van der Waals surface area contributed by atoms with Crippen LogP contribution in [0.25, 0.3) is 0 Å². The monoisotopic (exact) mass is 248 g/mol. The molecular formula is C11H24N2O2S. The Morgan fingerprint density at radius 3 is 2.69 bits per heavy atom. The van der Waals surface area contributed by atoms with Crippen molar-refractivity contribution in [2.75, 3.05) is 19.6 Å². The predicted molar refractivity (Wildman–Crippen MR) is 66.9 cm³/mol. The van der Waals surface area contributed by atoms with Gasteiger partial charge in [0.05, 0.1) is 5.25 Å². The first-order valence-corrected chi connectivity index (χ1v) is 7.76. The quantitative estimate of drug-likeness (QED) is 0.663. The van der Waals surface area contributed by atoms with Crippen LogP contribution in [0, 0.1) is 5.92 Å². The molecule has 0 aromatic rings. The van der Waals surface area contributed by atoms with E-state index in [4.69, 9.17) is 0 Å². The van der Waals surface area contributed by atoms with Gasteiger partial charge in [0.1, 0.15) is 0 Å². The van der Waals surface area contributed by atoms with Gasteiger partial charge in [0, 0.05) is 13.1 Å². The smallest absolute Gasteiger partial charge is 0.215 e. The highest BCUT2D eigenvalue weighted by Gasteiger charge is 2.27. The van der Waals surface area contributed by atoms with Crippen LogP contribution in [0.2, 0.25) is 0 Å². The Labute approximate surface area is 99.2 Å². The molecular weight excluding hydrogens is 224 g/mol. The lowest BCUT2D eigenvalue weighted by atomic mass is 10.1. The number of sulfonamides is 1. The fraction of sp³-hybridized carbons (Fsp3) is 1.00. The summed E-state index contributed by atoms with van der Waals surface area (Å²) in [5.41, 5.74) is 0. The third kappa shape index (κ3) is 4.80. The molecule has 5 heteroatoms. The largest absolute Gasteiger partial charge is 0.315 e. The van der Waals surface area contributed by atoms with Gasteiger partial charge in [0.2, 0.25) is 10.0 Å². The number of hydrogen-bond donors (Lipinski definition) is 2. The molecule has 0 bridgehead atoms. The maximum Gasteiger partial charge on any atom is 0.215 e. The van der Waals surface area contributed by atoms with E-state index in [0.29, 0.717) is 19.0 Å². The van der Waals surface area contributed by atoms with Crippen LogP contribution in [0.3, 0.4) is 0 Å². The number of unbranched alkanes of at least 4 members (excludes halogenated alkanes) is 1. The molecule has 1 rings (SSSR count). The SMILES string of the molecule is CC(C)CCCCNS(=O)(=O)C1CCNC1. The third-order valence-corrected chi connectivity index (χ3v) is 4.85. The summed E-state index contributed by atoms with van der Waals surface area (Å²) in [4.78, 5) is 0. The highest BCUT2D eigenvalue weighted by atomic mass is 32.2. The molecule has 1 aliphatic heterocycles. The average molecular weight is 248 g/mol. The molecule has 1 atom stereocenters. The maximum absolute atomic E-state index is 11.8. The Bertz CT molecular complexity index is 282. The van der Waals surface area contributed by atoms with Crippen LogP contribution in [0.1, 0.15) is 39.5 Å². The van der Waals surface area contributed by atoms with E-state index in [9.17, 15) is 8.42 Å². The predicted octanol–water partition coefficient (Wildman–Crippen LogP) is 1.09. The molecule has 4 nitrogen and oxygen atoms in total. The van der Waals surface area contributed by atoms with Crippen LogP contribution in [-0.2, 0) is 10.0 Å². The zero-order valence-corrected chi connectivity index (χ0v) is 11.1. The van der Waals surface area contributed by atoms with Crippen molar-refractivity contribution in [3.05, 3.63) is 0 Å². The van der Waals surface area contributed by atoms with Gasteiger partial charge >= 0.3 is 0 Å². The lowest BCUT2D eigenvalue weighted by Gasteiger charge is -2.11. The minimum Gasteiger partial charge on any atom is -0.315 e. The minimum atomic E-state index is -3.07. The lowest BCUT2D eigenvalue weighted by molar-refractivity contribution is 0.528. The summed E-state index contributed by atoms with van der Waals surface area (Å²) >= 11 is 0. The second kappa shape index (κ2) is 6.57. The van der Waals surface area contributed by atoms with Crippen molar-refractivity contribution in [1.82, 2.24) is 10.0 Å². The maximum atomic E-state index is 11.8. The van der Waals surface area contributed by atoms with Gasteiger partial charge in [-0.3, -0.25) is 0 Å². The fourth-order valence-corrected chi connectivity index (χ4v) is 3.33. The zero-order valence-electron chi connectivity index (χ0n) is 10.3. The molecule has 2 N–H and O–H groups in total. The molecule has 1 aliphatic rings. The van der Waals surface area contributed by atoms with E-state index in [0.717, 1.165) is 25.8 Å². The molecule has 0 radical (unpaired) electrons. The van der Waals surface area contributed by atoms with Crippen LogP contribution in [-0.4, -0.2) is 33.3 Å². The normalized spacial score (nSPS) is 21.8. The van der Waals surface area contributed by atoms with Crippen molar-refractivity contribution < 1.29 is 8.42 Å². The van der Waals surface area contributed by atoms with E-state index in [1.165, 1.54) is 6.42 Å². The fourth-order valence-electron chi connectivity index (χ4n) is 1.90. The lowest BCUT2D eigenvalue weighted by Crippen LogP contribution is -2.36. The van der Waals surface area contributed by atoms with Gasteiger partial charge < -0.3 is 5.32 Å². The number of nitrogens with one attached hydrogen (secondary N) is 2. The summed E-state index contributed by atoms with van der Waals surface area (Å²) in [6, 6.07) is 0. The molecule has 96 valence electrons. The van der Waals surface area contributed by atoms with Gasteiger partial charge in [0.25, 0.3) is 0 Å². The van der Waals surface area contributed by atoms with E-state index in [1.807, 2.05) is 0 Å². The van der Waals surface area contributed by atoms with E-state index in [-0.39, 0.29) is 5.25 Å². The van der Waals surface area contributed by atoms with Crippen LogP contribution in [0.15, 0.2) is 0 Å². The Hall–Kier alpha value is -0.130. The van der Waals surface area contributed by atoms with Crippen LogP contribution in [0.5, 0.6) is 0 Å². The van der Waals surface area contributed by atoms with E-state index in [1.54, 1.807) is 0 Å². The van der Waals surface area contributed by atoms with Gasteiger partial charge in [-0.15, -0.1) is 0 Å². The molecule has 1 heterocycles. The van der Waals surface area contributed by atoms with Gasteiger partial charge in [-0.1, -0.05) is 26.7 Å². The van der Waals surface area contributed by atoms with E-state index in [2.05, 4.69) is 23.9 Å². The minimum absolute atomic E-state index is 0.224. The summed E-state index contributed by atoms with van der Waals surface area (Å²) < 4.78 is 26.3. The summed E-state index contributed by atoms with van der Waals surface area (Å²) in [5.74, 6) is 0.704. The van der Waals surface area contributed by atoms with Crippen LogP contribution >= 0.6 is 0 Å². The number of hydrogen-bond acceptors (Lipinski definition) is 3. The molecule has 0 aliphatic carbocycles. The van der Waals surface area contributed by atoms with Crippen LogP contribution < -0.4 is 10.0 Å². The first kappa shape index (κ1) is 13.9. The van der Waals surface area contributed by atoms with Crippen molar-refractivity contribution in [3.63, 3.8) is 0 Å². The summed E-state index contributed by atoms with van der Waals surface area (Å²) in [6.07, 6.45) is 3.95. The highest BCUT2D eigenvalue weighted by molar-refractivity contribution is 7.90. The Kier molecular flexibility index (Phi) is 5.72. The molecule has 16 heavy (non-hydrogen) atoms. The van der Waals surface area contributed by atoms with Crippen molar-refractivity contribution in [2.24, 2.45) is 5.92 Å². The first-order chi connectivity index (χ1) is 7.52. The van der Waals surface area contributed by atoms with E-state index < -0.39 is 10.0 Å². The van der Waals surface area contributed by atoms with E-state index >= 15 is 0 Å². The molecule has 1 unspecified atom stereocenters. The molecule has 0 saturated carbocycles. The topological polar surface area (TPSA) is 58.2 Å². The Morgan fingerprint density at radius 2 is 2.12 bits per heavy atom. The molecule has 1 fully saturated rings. The van der Waals surface area contributed by atoms with Gasteiger partial charge in [-0.25, -0.2) is 13.1 Å². The zero-order chi connectivity index (χ0) is 12.0. The van der Waals surface area contributed by atoms with Crippen molar-refractivity contribution in [1.29, 1.82) is 0 Å². The van der Waals surface area contributed by atoms with Gasteiger partial charge in [0.15, 0.2) is 0 Å². The van der Waals surface area contributed by atoms with Gasteiger partial charge in [-0.2, -0.15) is 0 Å². The second-order valence-corrected chi connectivity index (χ2v) is 6.99. The number of rotatable bonds is 7. The molecule has 0 amide bonds. The van der Waals surface area contributed by atoms with Crippen LogP contribution in [0.4, 0.5) is 0 Å². The molecule has 0 spiro atoms. The first-order valence-electron chi connectivity index (χ1n) is 6.21. The second-order valence-electron chi connectivity index (χ2n) is 4.94. The molecule has 1 saturated heterocycles. The standard InChI is InChI=1S/C11H24N2O2S/c1-10(2)5-3-4-7-13-16(14,15)11-6-8-12-9-11/h10-13H,3-9H2,1-2H3. The summed E-state index contributed by atoms with van der Waals surface area (Å²) in [6.45, 7) is 6.38. The Balaban J connectivity index is 2.16. The summed E-state index contributed by atoms with van der Waals surface area (Å²) in [7, 11) is -3.07. The third-order valence-electron chi connectivity index (χ3n) is 2.97.